The summed E-state index contributed by atoms with van der Waals surface area (Å²) in [5, 5.41) is 8.32. The van der Waals surface area contributed by atoms with Gasteiger partial charge in [0.25, 0.3) is 5.91 Å². The number of rotatable bonds is 7. The van der Waals surface area contributed by atoms with Gasteiger partial charge in [-0.1, -0.05) is 6.92 Å². The lowest BCUT2D eigenvalue weighted by atomic mass is 9.91. The molecule has 26 heavy (non-hydrogen) atoms. The molecule has 140 valence electrons. The summed E-state index contributed by atoms with van der Waals surface area (Å²) in [5.74, 6) is 0.00791. The highest BCUT2D eigenvalue weighted by atomic mass is 16.2. The molecule has 0 saturated heterocycles. The predicted molar refractivity (Wildman–Crippen MR) is 102 cm³/mol. The molecule has 0 aliphatic heterocycles. The highest BCUT2D eigenvalue weighted by Gasteiger charge is 2.29. The molecule has 2 heterocycles. The first-order valence-corrected chi connectivity index (χ1v) is 9.52. The summed E-state index contributed by atoms with van der Waals surface area (Å²) in [6.45, 7) is 3.96. The van der Waals surface area contributed by atoms with Crippen LogP contribution in [0.1, 0.15) is 47.1 Å². The Morgan fingerprint density at radius 2 is 2.12 bits per heavy atom. The molecule has 0 fully saturated rings. The molecule has 1 aliphatic carbocycles. The highest BCUT2D eigenvalue weighted by molar-refractivity contribution is 5.93. The Bertz CT molecular complexity index is 738. The van der Waals surface area contributed by atoms with Gasteiger partial charge in [0.1, 0.15) is 0 Å². The van der Waals surface area contributed by atoms with E-state index in [0.717, 1.165) is 50.8 Å². The lowest BCUT2D eigenvalue weighted by Gasteiger charge is -2.25. The van der Waals surface area contributed by atoms with E-state index in [9.17, 15) is 4.79 Å². The molecular weight excluding hydrogens is 326 g/mol. The summed E-state index contributed by atoms with van der Waals surface area (Å²) in [4.78, 5) is 18.2. The number of pyridine rings is 1. The number of nitrogens with zero attached hydrogens (tertiary/aromatic N) is 4. The number of aryl methyl sites for hydroxylation is 1. The second-order valence-electron chi connectivity index (χ2n) is 7.20. The summed E-state index contributed by atoms with van der Waals surface area (Å²) >= 11 is 0. The van der Waals surface area contributed by atoms with Crippen molar-refractivity contribution in [3.05, 3.63) is 47.0 Å². The molecule has 0 radical (unpaired) electrons. The van der Waals surface area contributed by atoms with Crippen molar-refractivity contribution < 1.29 is 4.79 Å². The monoisotopic (exact) mass is 355 g/mol. The number of aromatic nitrogens is 3. The van der Waals surface area contributed by atoms with Crippen LogP contribution in [0, 0.1) is 0 Å². The maximum Gasteiger partial charge on any atom is 0.274 e. The van der Waals surface area contributed by atoms with E-state index in [1.54, 1.807) is 19.0 Å². The van der Waals surface area contributed by atoms with Crippen molar-refractivity contribution in [2.75, 3.05) is 20.6 Å². The van der Waals surface area contributed by atoms with Gasteiger partial charge in [0.15, 0.2) is 5.69 Å². The third-order valence-electron chi connectivity index (χ3n) is 4.99. The van der Waals surface area contributed by atoms with Gasteiger partial charge in [-0.05, 0) is 56.3 Å². The molecule has 1 N–H and O–H groups in total. The molecular formula is C20H29N5O. The van der Waals surface area contributed by atoms with Gasteiger partial charge in [0.05, 0.1) is 0 Å². The Kier molecular flexibility index (Phi) is 6.04. The van der Waals surface area contributed by atoms with E-state index in [0.29, 0.717) is 11.7 Å². The number of carbonyl (C=O) groups is 1. The van der Waals surface area contributed by atoms with Crippen LogP contribution in [-0.4, -0.2) is 52.3 Å². The zero-order valence-corrected chi connectivity index (χ0v) is 16.0. The minimum absolute atomic E-state index is 0.00791. The molecule has 1 unspecified atom stereocenters. The maximum atomic E-state index is 12.6. The number of amides is 1. The second-order valence-corrected chi connectivity index (χ2v) is 7.20. The largest absolute Gasteiger partial charge is 0.343 e. The van der Waals surface area contributed by atoms with Crippen molar-refractivity contribution in [3.63, 3.8) is 0 Å². The van der Waals surface area contributed by atoms with E-state index in [1.807, 2.05) is 12.4 Å². The minimum Gasteiger partial charge on any atom is -0.343 e. The van der Waals surface area contributed by atoms with Crippen molar-refractivity contribution in [3.8, 4) is 0 Å². The fraction of sp³-hybridized carbons (Fsp3) is 0.550. The van der Waals surface area contributed by atoms with E-state index in [4.69, 9.17) is 0 Å². The van der Waals surface area contributed by atoms with E-state index in [-0.39, 0.29) is 5.91 Å². The number of hydrogen-bond acceptors (Lipinski definition) is 4. The minimum atomic E-state index is 0.00791. The molecule has 3 rings (SSSR count). The Labute approximate surface area is 155 Å². The van der Waals surface area contributed by atoms with Crippen molar-refractivity contribution in [2.24, 2.45) is 0 Å². The number of fused-ring (bicyclic) bond motifs is 1. The van der Waals surface area contributed by atoms with Crippen LogP contribution in [-0.2, 0) is 25.8 Å². The lowest BCUT2D eigenvalue weighted by Crippen LogP contribution is -2.36. The molecule has 0 aromatic carbocycles. The SMILES string of the molecule is CCCn1nc(C(=O)N(C)C)c2c1CCC(NCCc1ccncc1)C2. The van der Waals surface area contributed by atoms with Crippen LogP contribution < -0.4 is 5.32 Å². The van der Waals surface area contributed by atoms with Gasteiger partial charge in [0.2, 0.25) is 0 Å². The van der Waals surface area contributed by atoms with Gasteiger partial charge < -0.3 is 10.2 Å². The Balaban J connectivity index is 1.69. The number of hydrogen-bond donors (Lipinski definition) is 1. The topological polar surface area (TPSA) is 63.1 Å². The van der Waals surface area contributed by atoms with E-state index in [1.165, 1.54) is 11.3 Å². The molecule has 6 nitrogen and oxygen atoms in total. The fourth-order valence-corrected chi connectivity index (χ4v) is 3.61. The van der Waals surface area contributed by atoms with Crippen LogP contribution in [0.3, 0.4) is 0 Å². The van der Waals surface area contributed by atoms with Crippen molar-refractivity contribution >= 4 is 5.91 Å². The van der Waals surface area contributed by atoms with Gasteiger partial charge in [-0.15, -0.1) is 0 Å². The summed E-state index contributed by atoms with van der Waals surface area (Å²) in [7, 11) is 3.59. The molecule has 1 amide bonds. The first-order chi connectivity index (χ1) is 12.6. The first kappa shape index (κ1) is 18.6. The molecule has 2 aromatic rings. The summed E-state index contributed by atoms with van der Waals surface area (Å²) in [6.07, 6.45) is 8.64. The maximum absolute atomic E-state index is 12.6. The molecule has 1 aliphatic rings. The van der Waals surface area contributed by atoms with Gasteiger partial charge >= 0.3 is 0 Å². The zero-order valence-electron chi connectivity index (χ0n) is 16.0. The molecule has 6 heteroatoms. The Hall–Kier alpha value is -2.21. The molecule has 0 bridgehead atoms. The van der Waals surface area contributed by atoms with E-state index >= 15 is 0 Å². The van der Waals surface area contributed by atoms with Crippen LogP contribution in [0.4, 0.5) is 0 Å². The van der Waals surface area contributed by atoms with Crippen LogP contribution in [0.25, 0.3) is 0 Å². The summed E-state index contributed by atoms with van der Waals surface area (Å²) in [5.41, 5.74) is 4.33. The summed E-state index contributed by atoms with van der Waals surface area (Å²) < 4.78 is 2.05. The lowest BCUT2D eigenvalue weighted by molar-refractivity contribution is 0.0819. The zero-order chi connectivity index (χ0) is 18.5. The van der Waals surface area contributed by atoms with Crippen LogP contribution >= 0.6 is 0 Å². The molecule has 2 aromatic heterocycles. The second kappa shape index (κ2) is 8.45. The van der Waals surface area contributed by atoms with Gasteiger partial charge in [-0.2, -0.15) is 5.10 Å². The van der Waals surface area contributed by atoms with Crippen LogP contribution in [0.15, 0.2) is 24.5 Å². The molecule has 0 spiro atoms. The van der Waals surface area contributed by atoms with Crippen LogP contribution in [0.5, 0.6) is 0 Å². The van der Waals surface area contributed by atoms with Crippen molar-refractivity contribution in [2.45, 2.75) is 51.6 Å². The average molecular weight is 355 g/mol. The van der Waals surface area contributed by atoms with Crippen LogP contribution in [0.2, 0.25) is 0 Å². The normalized spacial score (nSPS) is 16.3. The van der Waals surface area contributed by atoms with Crippen molar-refractivity contribution in [1.82, 2.24) is 25.0 Å². The van der Waals surface area contributed by atoms with E-state index in [2.05, 4.69) is 39.1 Å². The van der Waals surface area contributed by atoms with Gasteiger partial charge in [-0.25, -0.2) is 0 Å². The third kappa shape index (κ3) is 4.12. The Morgan fingerprint density at radius 3 is 2.81 bits per heavy atom. The third-order valence-corrected chi connectivity index (χ3v) is 4.99. The smallest absolute Gasteiger partial charge is 0.274 e. The van der Waals surface area contributed by atoms with E-state index < -0.39 is 0 Å². The quantitative estimate of drug-likeness (QED) is 0.826. The molecule has 1 atom stereocenters. The average Bonchev–Trinajstić information content (AvgIpc) is 3.00. The number of carbonyl (C=O) groups excluding carboxylic acids is 1. The van der Waals surface area contributed by atoms with Crippen molar-refractivity contribution in [1.29, 1.82) is 0 Å². The fourth-order valence-electron chi connectivity index (χ4n) is 3.61. The Morgan fingerprint density at radius 1 is 1.35 bits per heavy atom. The highest BCUT2D eigenvalue weighted by Crippen LogP contribution is 2.26. The number of nitrogens with one attached hydrogen (secondary N) is 1. The summed E-state index contributed by atoms with van der Waals surface area (Å²) in [6, 6.07) is 4.52. The first-order valence-electron chi connectivity index (χ1n) is 9.52. The molecule has 0 saturated carbocycles. The van der Waals surface area contributed by atoms with Gasteiger partial charge in [0, 0.05) is 50.3 Å². The standard InChI is InChI=1S/C20H29N5O/c1-4-13-25-18-6-5-16(22-12-9-15-7-10-21-11-8-15)14-17(18)19(23-25)20(26)24(2)3/h7-8,10-11,16,22H,4-6,9,12-14H2,1-3H3. The predicted octanol–water partition coefficient (Wildman–Crippen LogP) is 2.08. The van der Waals surface area contributed by atoms with Gasteiger partial charge in [-0.3, -0.25) is 14.5 Å².